The van der Waals surface area contributed by atoms with Gasteiger partial charge in [0.15, 0.2) is 0 Å². The van der Waals surface area contributed by atoms with Crippen LogP contribution in [0.3, 0.4) is 0 Å². The van der Waals surface area contributed by atoms with E-state index in [1.165, 1.54) is 55.4 Å². The van der Waals surface area contributed by atoms with Gasteiger partial charge in [-0.1, -0.05) is 11.8 Å². The summed E-state index contributed by atoms with van der Waals surface area (Å²) >= 11 is 3.88. The molecule has 1 aromatic heterocycles. The molecule has 5 heteroatoms. The van der Waals surface area contributed by atoms with Crippen molar-refractivity contribution in [1.82, 2.24) is 9.80 Å². The van der Waals surface area contributed by atoms with Crippen LogP contribution in [0, 0.1) is 11.8 Å². The second kappa shape index (κ2) is 8.37. The zero-order valence-electron chi connectivity index (χ0n) is 13.0. The highest BCUT2D eigenvalue weighted by molar-refractivity contribution is 7.99. The first-order valence-electron chi connectivity index (χ1n) is 8.06. The predicted molar refractivity (Wildman–Crippen MR) is 95.5 cm³/mol. The van der Waals surface area contributed by atoms with Crippen LogP contribution in [0.5, 0.6) is 0 Å². The summed E-state index contributed by atoms with van der Waals surface area (Å²) in [6, 6.07) is 2.98. The lowest BCUT2D eigenvalue weighted by atomic mass is 10.0. The summed E-state index contributed by atoms with van der Waals surface area (Å²) in [4.78, 5) is 6.67. The molecule has 2 fully saturated rings. The summed E-state index contributed by atoms with van der Waals surface area (Å²) in [6.45, 7) is 5.98. The van der Waals surface area contributed by atoms with E-state index in [-0.39, 0.29) is 6.61 Å². The lowest BCUT2D eigenvalue weighted by molar-refractivity contribution is 0.113. The molecule has 0 amide bonds. The van der Waals surface area contributed by atoms with E-state index in [1.54, 1.807) is 11.3 Å². The smallest absolute Gasteiger partial charge is 0.104 e. The van der Waals surface area contributed by atoms with Crippen molar-refractivity contribution in [1.29, 1.82) is 0 Å². The Morgan fingerprint density at radius 2 is 1.95 bits per heavy atom. The minimum absolute atomic E-state index is 0.0618. The van der Waals surface area contributed by atoms with E-state index in [0.717, 1.165) is 18.2 Å². The summed E-state index contributed by atoms with van der Waals surface area (Å²) in [6.07, 6.45) is 2.63. The molecule has 0 saturated carbocycles. The Labute approximate surface area is 141 Å². The van der Waals surface area contributed by atoms with Gasteiger partial charge >= 0.3 is 0 Å². The molecule has 3 heterocycles. The van der Waals surface area contributed by atoms with Gasteiger partial charge in [0.1, 0.15) is 6.61 Å². The van der Waals surface area contributed by atoms with Gasteiger partial charge in [0.25, 0.3) is 0 Å². The average molecular weight is 337 g/mol. The Bertz CT molecular complexity index is 520. The summed E-state index contributed by atoms with van der Waals surface area (Å²) in [5, 5.41) is 10.8. The summed E-state index contributed by atoms with van der Waals surface area (Å²) in [7, 11) is 0. The van der Waals surface area contributed by atoms with Gasteiger partial charge < -0.3 is 5.11 Å². The monoisotopic (exact) mass is 336 g/mol. The highest BCUT2D eigenvalue weighted by Crippen LogP contribution is 2.23. The molecule has 3 rings (SSSR count). The van der Waals surface area contributed by atoms with E-state index < -0.39 is 0 Å². The van der Waals surface area contributed by atoms with Gasteiger partial charge in [-0.25, -0.2) is 0 Å². The number of thioether (sulfide) groups is 1. The molecule has 2 aliphatic heterocycles. The van der Waals surface area contributed by atoms with E-state index in [4.69, 9.17) is 5.11 Å². The molecule has 1 N–H and O–H groups in total. The van der Waals surface area contributed by atoms with E-state index >= 15 is 0 Å². The second-order valence-corrected chi connectivity index (χ2v) is 8.14. The largest absolute Gasteiger partial charge is 0.384 e. The van der Waals surface area contributed by atoms with Gasteiger partial charge in [-0.05, 0) is 18.9 Å². The Kier molecular flexibility index (Phi) is 6.22. The molecule has 0 atom stereocenters. The third-order valence-electron chi connectivity index (χ3n) is 4.46. The molecule has 0 aliphatic carbocycles. The van der Waals surface area contributed by atoms with Gasteiger partial charge in [-0.2, -0.15) is 11.8 Å². The average Bonchev–Trinajstić information content (AvgIpc) is 3.02. The van der Waals surface area contributed by atoms with Crippen molar-refractivity contribution in [2.45, 2.75) is 25.4 Å². The lowest BCUT2D eigenvalue weighted by Crippen LogP contribution is -2.47. The maximum absolute atomic E-state index is 8.74. The molecular formula is C17H24N2OS2. The Balaban J connectivity index is 1.46. The van der Waals surface area contributed by atoms with Gasteiger partial charge in [-0.15, -0.1) is 11.3 Å². The number of aliphatic hydroxyl groups is 1. The van der Waals surface area contributed by atoms with Crippen molar-refractivity contribution in [3.63, 3.8) is 0 Å². The number of nitrogens with zero attached hydrogens (tertiary/aromatic N) is 2. The predicted octanol–water partition coefficient (Wildman–Crippen LogP) is 2.11. The first kappa shape index (κ1) is 16.4. The minimum Gasteiger partial charge on any atom is -0.384 e. The molecule has 0 radical (unpaired) electrons. The van der Waals surface area contributed by atoms with Crippen LogP contribution in [-0.4, -0.2) is 65.2 Å². The van der Waals surface area contributed by atoms with Gasteiger partial charge in [0.05, 0.1) is 0 Å². The summed E-state index contributed by atoms with van der Waals surface area (Å²) in [5.41, 5.74) is 1.04. The second-order valence-electron chi connectivity index (χ2n) is 5.92. The van der Waals surface area contributed by atoms with E-state index in [0.29, 0.717) is 0 Å². The molecule has 2 aliphatic rings. The number of hydrogen-bond acceptors (Lipinski definition) is 5. The molecule has 22 heavy (non-hydrogen) atoms. The Hall–Kier alpha value is -0.510. The van der Waals surface area contributed by atoms with Gasteiger partial charge in [-0.3, -0.25) is 9.80 Å². The molecule has 0 aromatic carbocycles. The van der Waals surface area contributed by atoms with E-state index in [2.05, 4.69) is 44.8 Å². The number of hydrogen-bond donors (Lipinski definition) is 1. The van der Waals surface area contributed by atoms with Crippen LogP contribution in [-0.2, 0) is 6.54 Å². The van der Waals surface area contributed by atoms with Crippen LogP contribution in [0.1, 0.15) is 23.3 Å². The molecular weight excluding hydrogens is 312 g/mol. The fraction of sp³-hybridized carbons (Fsp3) is 0.647. The standard InChI is InChI=1S/C17H24N2OS2/c20-9-1-2-15-12-17(22-14-15)13-18-5-3-16(4-6-18)19-7-10-21-11-8-19/h12,14,16,20H,3-11,13H2. The fourth-order valence-corrected chi connectivity index (χ4v) is 5.07. The minimum atomic E-state index is -0.0618. The molecule has 0 bridgehead atoms. The molecule has 120 valence electrons. The summed E-state index contributed by atoms with van der Waals surface area (Å²) < 4.78 is 0. The van der Waals surface area contributed by atoms with Gasteiger partial charge in [0, 0.05) is 66.1 Å². The van der Waals surface area contributed by atoms with E-state index in [1.807, 2.05) is 0 Å². The highest BCUT2D eigenvalue weighted by atomic mass is 32.2. The van der Waals surface area contributed by atoms with Crippen molar-refractivity contribution in [2.75, 3.05) is 44.3 Å². The van der Waals surface area contributed by atoms with Crippen molar-refractivity contribution in [2.24, 2.45) is 0 Å². The first-order valence-corrected chi connectivity index (χ1v) is 10.1. The lowest BCUT2D eigenvalue weighted by Gasteiger charge is -2.40. The molecule has 0 unspecified atom stereocenters. The maximum Gasteiger partial charge on any atom is 0.104 e. The van der Waals surface area contributed by atoms with Crippen LogP contribution in [0.15, 0.2) is 11.4 Å². The van der Waals surface area contributed by atoms with Crippen LogP contribution >= 0.6 is 23.1 Å². The van der Waals surface area contributed by atoms with Crippen molar-refractivity contribution in [3.05, 3.63) is 21.9 Å². The van der Waals surface area contributed by atoms with Gasteiger partial charge in [0.2, 0.25) is 0 Å². The third kappa shape index (κ3) is 4.50. The number of piperidine rings is 1. The first-order chi connectivity index (χ1) is 10.8. The van der Waals surface area contributed by atoms with Crippen LogP contribution < -0.4 is 0 Å². The van der Waals surface area contributed by atoms with E-state index in [9.17, 15) is 0 Å². The fourth-order valence-electron chi connectivity index (χ4n) is 3.28. The summed E-state index contributed by atoms with van der Waals surface area (Å²) in [5.74, 6) is 8.33. The zero-order chi connectivity index (χ0) is 15.2. The molecule has 0 spiro atoms. The maximum atomic E-state index is 8.74. The zero-order valence-corrected chi connectivity index (χ0v) is 14.6. The van der Waals surface area contributed by atoms with Crippen molar-refractivity contribution in [3.8, 4) is 11.8 Å². The molecule has 3 nitrogen and oxygen atoms in total. The van der Waals surface area contributed by atoms with Crippen molar-refractivity contribution >= 4 is 23.1 Å². The topological polar surface area (TPSA) is 26.7 Å². The number of likely N-dealkylation sites (tertiary alicyclic amines) is 1. The highest BCUT2D eigenvalue weighted by Gasteiger charge is 2.25. The van der Waals surface area contributed by atoms with Crippen LogP contribution in [0.4, 0.5) is 0 Å². The molecule has 2 saturated heterocycles. The van der Waals surface area contributed by atoms with Crippen LogP contribution in [0.2, 0.25) is 0 Å². The molecule has 1 aromatic rings. The Morgan fingerprint density at radius 3 is 2.68 bits per heavy atom. The Morgan fingerprint density at radius 1 is 1.18 bits per heavy atom. The third-order valence-corrected chi connectivity index (χ3v) is 6.33. The van der Waals surface area contributed by atoms with Crippen LogP contribution in [0.25, 0.3) is 0 Å². The SMILES string of the molecule is OCC#Cc1csc(CN2CCC(N3CCSCC3)CC2)c1. The number of aliphatic hydroxyl groups excluding tert-OH is 1. The number of rotatable bonds is 3. The van der Waals surface area contributed by atoms with Crippen molar-refractivity contribution < 1.29 is 5.11 Å². The normalized spacial score (nSPS) is 21.5. The number of thiophene rings is 1. The quantitative estimate of drug-likeness (QED) is 0.855.